The van der Waals surface area contributed by atoms with E-state index < -0.39 is 5.60 Å². The van der Waals surface area contributed by atoms with Crippen LogP contribution in [0.15, 0.2) is 12.1 Å². The number of rotatable bonds is 2. The van der Waals surface area contributed by atoms with E-state index in [4.69, 9.17) is 4.74 Å². The summed E-state index contributed by atoms with van der Waals surface area (Å²) < 4.78 is 6.29. The Labute approximate surface area is 148 Å². The van der Waals surface area contributed by atoms with Crippen molar-refractivity contribution in [2.75, 3.05) is 26.2 Å². The smallest absolute Gasteiger partial charge is 0.165 e. The number of benzene rings is 1. The molecule has 2 saturated heterocycles. The first-order valence-electron chi connectivity index (χ1n) is 9.82. The Balaban J connectivity index is 1.57. The summed E-state index contributed by atoms with van der Waals surface area (Å²) in [5, 5.41) is 26.0. The lowest BCUT2D eigenvalue weighted by molar-refractivity contribution is -0.162. The third-order valence-electron chi connectivity index (χ3n) is 7.65. The van der Waals surface area contributed by atoms with E-state index >= 15 is 0 Å². The quantitative estimate of drug-likeness (QED) is 0.753. The molecule has 1 aromatic rings. The first kappa shape index (κ1) is 14.8. The summed E-state index contributed by atoms with van der Waals surface area (Å²) in [6, 6.07) is 4.00. The second-order valence-corrected chi connectivity index (χ2v) is 8.81. The highest BCUT2D eigenvalue weighted by molar-refractivity contribution is 5.62. The summed E-state index contributed by atoms with van der Waals surface area (Å²) in [6.45, 7) is 3.72. The van der Waals surface area contributed by atoms with Gasteiger partial charge in [0, 0.05) is 24.7 Å². The van der Waals surface area contributed by atoms with E-state index in [2.05, 4.69) is 16.3 Å². The van der Waals surface area contributed by atoms with Gasteiger partial charge in [-0.05, 0) is 62.7 Å². The molecule has 3 aliphatic heterocycles. The normalized spacial score (nSPS) is 41.8. The van der Waals surface area contributed by atoms with E-state index in [1.807, 2.05) is 0 Å². The molecule has 5 aliphatic rings. The Kier molecular flexibility index (Phi) is 2.79. The van der Waals surface area contributed by atoms with Crippen molar-refractivity contribution in [2.24, 2.45) is 5.92 Å². The number of hydrogen-bond acceptors (Lipinski definition) is 5. The maximum Gasteiger partial charge on any atom is 0.165 e. The van der Waals surface area contributed by atoms with Crippen LogP contribution in [0, 0.1) is 5.92 Å². The highest BCUT2D eigenvalue weighted by Crippen LogP contribution is 2.63. The average molecular weight is 342 g/mol. The molecule has 2 aliphatic carbocycles. The van der Waals surface area contributed by atoms with Gasteiger partial charge < -0.3 is 20.3 Å². The van der Waals surface area contributed by atoms with Crippen molar-refractivity contribution in [3.05, 3.63) is 23.3 Å². The molecule has 0 unspecified atom stereocenters. The van der Waals surface area contributed by atoms with Gasteiger partial charge in [0.05, 0.1) is 11.0 Å². The van der Waals surface area contributed by atoms with Gasteiger partial charge in [0.2, 0.25) is 0 Å². The zero-order valence-corrected chi connectivity index (χ0v) is 14.5. The van der Waals surface area contributed by atoms with E-state index in [9.17, 15) is 10.2 Å². The first-order valence-corrected chi connectivity index (χ1v) is 9.82. The van der Waals surface area contributed by atoms with Crippen molar-refractivity contribution < 1.29 is 14.9 Å². The summed E-state index contributed by atoms with van der Waals surface area (Å²) in [7, 11) is 0. The summed E-state index contributed by atoms with van der Waals surface area (Å²) in [4.78, 5) is 2.57. The van der Waals surface area contributed by atoms with Gasteiger partial charge >= 0.3 is 0 Å². The van der Waals surface area contributed by atoms with Crippen LogP contribution in [0.3, 0.4) is 0 Å². The summed E-state index contributed by atoms with van der Waals surface area (Å²) in [5.41, 5.74) is 1.24. The predicted octanol–water partition coefficient (Wildman–Crippen LogP) is 1.16. The maximum absolute atomic E-state index is 12.1. The fourth-order valence-corrected chi connectivity index (χ4v) is 6.34. The van der Waals surface area contributed by atoms with Gasteiger partial charge in [-0.3, -0.25) is 4.90 Å². The van der Waals surface area contributed by atoms with E-state index in [0.29, 0.717) is 5.75 Å². The van der Waals surface area contributed by atoms with Crippen molar-refractivity contribution in [1.82, 2.24) is 10.2 Å². The van der Waals surface area contributed by atoms with Gasteiger partial charge in [0.25, 0.3) is 0 Å². The van der Waals surface area contributed by atoms with Crippen LogP contribution in [-0.2, 0) is 11.8 Å². The van der Waals surface area contributed by atoms with Crippen LogP contribution >= 0.6 is 0 Å². The number of phenolic OH excluding ortho intramolecular Hbond substituents is 1. The number of aliphatic hydroxyl groups is 1. The van der Waals surface area contributed by atoms with Gasteiger partial charge in [0.15, 0.2) is 11.5 Å². The molecule has 0 radical (unpaired) electrons. The largest absolute Gasteiger partial charge is 0.504 e. The lowest BCUT2D eigenvalue weighted by Crippen LogP contribution is -2.74. The molecule has 6 rings (SSSR count). The van der Waals surface area contributed by atoms with Gasteiger partial charge in [-0.1, -0.05) is 6.07 Å². The lowest BCUT2D eigenvalue weighted by Gasteiger charge is -2.60. The van der Waals surface area contributed by atoms with E-state index in [0.717, 1.165) is 56.9 Å². The van der Waals surface area contributed by atoms with Crippen molar-refractivity contribution in [3.8, 4) is 11.5 Å². The fraction of sp³-hybridized carbons (Fsp3) is 0.700. The van der Waals surface area contributed by atoms with Crippen molar-refractivity contribution in [2.45, 2.75) is 55.3 Å². The lowest BCUT2D eigenvalue weighted by atomic mass is 9.52. The second-order valence-electron chi connectivity index (χ2n) is 8.81. The highest BCUT2D eigenvalue weighted by Gasteiger charge is 2.70. The Morgan fingerprint density at radius 2 is 2.16 bits per heavy atom. The zero-order valence-electron chi connectivity index (χ0n) is 14.5. The molecule has 1 saturated carbocycles. The number of aromatic hydroxyl groups is 1. The summed E-state index contributed by atoms with van der Waals surface area (Å²) in [6.07, 6.45) is 5.14. The van der Waals surface area contributed by atoms with Crippen LogP contribution in [0.4, 0.5) is 0 Å². The van der Waals surface area contributed by atoms with Crippen molar-refractivity contribution in [3.63, 3.8) is 0 Å². The molecule has 5 heteroatoms. The molecule has 3 fully saturated rings. The molecular weight excluding hydrogens is 316 g/mol. The minimum absolute atomic E-state index is 0.0899. The number of ether oxygens (including phenoxy) is 1. The number of nitrogens with zero attached hydrogens (tertiary/aromatic N) is 1. The monoisotopic (exact) mass is 342 g/mol. The van der Waals surface area contributed by atoms with E-state index in [1.54, 1.807) is 6.07 Å². The minimum Gasteiger partial charge on any atom is -0.504 e. The number of nitrogens with one attached hydrogen (secondary N) is 1. The van der Waals surface area contributed by atoms with Crippen molar-refractivity contribution >= 4 is 0 Å². The first-order chi connectivity index (χ1) is 12.1. The number of phenols is 1. The van der Waals surface area contributed by atoms with Crippen LogP contribution in [0.5, 0.6) is 11.5 Å². The molecule has 3 heterocycles. The predicted molar refractivity (Wildman–Crippen MR) is 93.0 cm³/mol. The Bertz CT molecular complexity index is 749. The van der Waals surface area contributed by atoms with Crippen LogP contribution in [0.1, 0.15) is 36.8 Å². The minimum atomic E-state index is -0.777. The third kappa shape index (κ3) is 1.70. The molecule has 0 aromatic heterocycles. The fourth-order valence-electron chi connectivity index (χ4n) is 6.34. The molecule has 4 atom stereocenters. The average Bonchev–Trinajstić information content (AvgIpc) is 3.35. The molecule has 1 spiro atoms. The molecule has 5 nitrogen and oxygen atoms in total. The second kappa shape index (κ2) is 4.70. The Hall–Kier alpha value is -1.30. The zero-order chi connectivity index (χ0) is 16.8. The molecule has 134 valence electrons. The molecule has 25 heavy (non-hydrogen) atoms. The summed E-state index contributed by atoms with van der Waals surface area (Å²) in [5.74, 6) is 1.69. The third-order valence-corrected chi connectivity index (χ3v) is 7.65. The van der Waals surface area contributed by atoms with Crippen LogP contribution < -0.4 is 10.1 Å². The van der Waals surface area contributed by atoms with E-state index in [-0.39, 0.29) is 23.3 Å². The van der Waals surface area contributed by atoms with E-state index in [1.165, 1.54) is 18.4 Å². The maximum atomic E-state index is 12.1. The van der Waals surface area contributed by atoms with Crippen LogP contribution in [0.2, 0.25) is 0 Å². The number of hydrogen-bond donors (Lipinski definition) is 3. The standard InChI is InChI=1S/C20H26N2O3/c23-14-4-3-13-9-15-20(24)5-7-21-10-16-19(20,17(13)18(14)25-16)6-8-22(15)11-12-1-2-12/h3-4,12,15-16,21,23-24H,1-2,5-11H2/t15-,16+,19-,20-/m1/s1. The SMILES string of the molecule is Oc1ccc2c3c1O[C@H]1CNCC[C@@]4(O)[C@@H](C2)N(CC2CC2)CC[C@]314. The van der Waals surface area contributed by atoms with Crippen molar-refractivity contribution in [1.29, 1.82) is 0 Å². The number of likely N-dealkylation sites (tertiary alicyclic amines) is 1. The van der Waals surface area contributed by atoms with Gasteiger partial charge in [-0.2, -0.15) is 0 Å². The summed E-state index contributed by atoms with van der Waals surface area (Å²) >= 11 is 0. The topological polar surface area (TPSA) is 65.0 Å². The Morgan fingerprint density at radius 3 is 3.00 bits per heavy atom. The molecule has 0 amide bonds. The molecule has 1 aromatic carbocycles. The van der Waals surface area contributed by atoms with Gasteiger partial charge in [-0.25, -0.2) is 0 Å². The van der Waals surface area contributed by atoms with Crippen LogP contribution in [0.25, 0.3) is 0 Å². The van der Waals surface area contributed by atoms with Crippen LogP contribution in [-0.4, -0.2) is 59.0 Å². The molecule has 2 bridgehead atoms. The van der Waals surface area contributed by atoms with Gasteiger partial charge in [-0.15, -0.1) is 0 Å². The highest BCUT2D eigenvalue weighted by atomic mass is 16.5. The Morgan fingerprint density at radius 1 is 1.28 bits per heavy atom. The molecular formula is C20H26N2O3. The number of piperidine rings is 1. The van der Waals surface area contributed by atoms with Gasteiger partial charge in [0.1, 0.15) is 6.10 Å². The molecule has 3 N–H and O–H groups in total.